The number of likely N-dealkylation sites (tertiary alicyclic amines) is 1. The Bertz CT molecular complexity index is 618. The van der Waals surface area contributed by atoms with E-state index in [9.17, 15) is 4.79 Å². The van der Waals surface area contributed by atoms with Crippen molar-refractivity contribution in [3.63, 3.8) is 0 Å². The molecule has 2 aliphatic rings. The number of rotatable bonds is 7. The van der Waals surface area contributed by atoms with Crippen LogP contribution in [0.15, 0.2) is 24.3 Å². The number of aryl methyl sites for hydroxylation is 1. The Hall–Kier alpha value is -1.31. The van der Waals surface area contributed by atoms with E-state index in [1.807, 2.05) is 0 Å². The largest absolute Gasteiger partial charge is 0.335 e. The van der Waals surface area contributed by atoms with Crippen LogP contribution in [0.4, 0.5) is 0 Å². The van der Waals surface area contributed by atoms with Gasteiger partial charge in [0.15, 0.2) is 0 Å². The van der Waals surface area contributed by atoms with Crippen LogP contribution in [0.1, 0.15) is 95.0 Å². The van der Waals surface area contributed by atoms with Crippen molar-refractivity contribution in [1.82, 2.24) is 4.90 Å². The molecule has 3 rings (SSSR count). The molecule has 1 aliphatic heterocycles. The summed E-state index contributed by atoms with van der Waals surface area (Å²) in [6.45, 7) is 10.3. The maximum absolute atomic E-state index is 13.1. The minimum atomic E-state index is 0.242. The highest BCUT2D eigenvalue weighted by atomic mass is 16.2. The summed E-state index contributed by atoms with van der Waals surface area (Å²) < 4.78 is 0. The SMILES string of the molecule is CCCCCCCc1ccc(C(=O)N2C[C@@]3(C)C[C@@H]2CC(C)(C)C3)cc1. The molecule has 144 valence electrons. The van der Waals surface area contributed by atoms with Crippen LogP contribution in [-0.4, -0.2) is 23.4 Å². The molecular weight excluding hydrogens is 318 g/mol. The topological polar surface area (TPSA) is 20.3 Å². The zero-order valence-corrected chi connectivity index (χ0v) is 17.3. The quantitative estimate of drug-likeness (QED) is 0.530. The molecular formula is C24H37NO. The summed E-state index contributed by atoms with van der Waals surface area (Å²) in [5.41, 5.74) is 2.90. The fourth-order valence-electron chi connectivity index (χ4n) is 5.61. The highest BCUT2D eigenvalue weighted by Gasteiger charge is 2.50. The van der Waals surface area contributed by atoms with Gasteiger partial charge < -0.3 is 4.90 Å². The molecule has 1 saturated carbocycles. The summed E-state index contributed by atoms with van der Waals surface area (Å²) in [5.74, 6) is 0.242. The molecule has 2 heteroatoms. The van der Waals surface area contributed by atoms with Crippen molar-refractivity contribution in [3.05, 3.63) is 35.4 Å². The van der Waals surface area contributed by atoms with Crippen LogP contribution in [0.2, 0.25) is 0 Å². The van der Waals surface area contributed by atoms with Crippen molar-refractivity contribution in [3.8, 4) is 0 Å². The third-order valence-corrected chi connectivity index (χ3v) is 6.45. The summed E-state index contributed by atoms with van der Waals surface area (Å²) in [6, 6.07) is 8.87. The van der Waals surface area contributed by atoms with Gasteiger partial charge in [-0.05, 0) is 60.6 Å². The van der Waals surface area contributed by atoms with Crippen molar-refractivity contribution in [2.24, 2.45) is 10.8 Å². The molecule has 0 aromatic heterocycles. The molecule has 2 fully saturated rings. The summed E-state index contributed by atoms with van der Waals surface area (Å²) in [4.78, 5) is 15.3. The average Bonchev–Trinajstić information content (AvgIpc) is 2.83. The second-order valence-corrected chi connectivity index (χ2v) is 10.0. The number of fused-ring (bicyclic) bond motifs is 2. The highest BCUT2D eigenvalue weighted by molar-refractivity contribution is 5.94. The standard InChI is InChI=1S/C24H37NO/c1-5-6-7-8-9-10-19-11-13-20(14-12-19)22(26)25-18-24(4)16-21(25)15-23(2,3)17-24/h11-14,21H,5-10,15-18H2,1-4H3/t21-,24-/m0/s1. The van der Waals surface area contributed by atoms with E-state index >= 15 is 0 Å². The van der Waals surface area contributed by atoms with Crippen molar-refractivity contribution in [2.45, 2.75) is 91.5 Å². The van der Waals surface area contributed by atoms with Crippen LogP contribution in [0.5, 0.6) is 0 Å². The number of hydrogen-bond acceptors (Lipinski definition) is 1. The van der Waals surface area contributed by atoms with E-state index in [1.165, 1.54) is 50.5 Å². The smallest absolute Gasteiger partial charge is 0.254 e. The molecule has 26 heavy (non-hydrogen) atoms. The predicted octanol–water partition coefficient (Wildman–Crippen LogP) is 6.24. The number of nitrogens with zero attached hydrogens (tertiary/aromatic N) is 1. The fourth-order valence-corrected chi connectivity index (χ4v) is 5.61. The molecule has 0 unspecified atom stereocenters. The minimum absolute atomic E-state index is 0.242. The maximum Gasteiger partial charge on any atom is 0.254 e. The lowest BCUT2D eigenvalue weighted by atomic mass is 9.65. The van der Waals surface area contributed by atoms with E-state index in [1.54, 1.807) is 0 Å². The van der Waals surface area contributed by atoms with Gasteiger partial charge in [0.05, 0.1) is 0 Å². The Morgan fingerprint density at radius 1 is 1.04 bits per heavy atom. The van der Waals surface area contributed by atoms with Crippen molar-refractivity contribution in [2.75, 3.05) is 6.54 Å². The van der Waals surface area contributed by atoms with Crippen molar-refractivity contribution < 1.29 is 4.79 Å². The Kier molecular flexibility index (Phi) is 5.79. The minimum Gasteiger partial charge on any atom is -0.335 e. The van der Waals surface area contributed by atoms with Crippen LogP contribution in [0.25, 0.3) is 0 Å². The van der Waals surface area contributed by atoms with Crippen LogP contribution in [0, 0.1) is 10.8 Å². The molecule has 1 saturated heterocycles. The third-order valence-electron chi connectivity index (χ3n) is 6.45. The molecule has 0 radical (unpaired) electrons. The second-order valence-electron chi connectivity index (χ2n) is 10.0. The van der Waals surface area contributed by atoms with Gasteiger partial charge in [-0.2, -0.15) is 0 Å². The molecule has 1 aromatic rings. The van der Waals surface area contributed by atoms with Gasteiger partial charge in [-0.1, -0.05) is 65.5 Å². The number of benzene rings is 1. The average molecular weight is 356 g/mol. The molecule has 2 nitrogen and oxygen atoms in total. The predicted molar refractivity (Wildman–Crippen MR) is 109 cm³/mol. The van der Waals surface area contributed by atoms with E-state index in [-0.39, 0.29) is 5.91 Å². The van der Waals surface area contributed by atoms with Gasteiger partial charge >= 0.3 is 0 Å². The molecule has 2 bridgehead atoms. The molecule has 1 amide bonds. The van der Waals surface area contributed by atoms with Crippen molar-refractivity contribution >= 4 is 5.91 Å². The van der Waals surface area contributed by atoms with E-state index in [4.69, 9.17) is 0 Å². The van der Waals surface area contributed by atoms with E-state index in [0.29, 0.717) is 16.9 Å². The first-order valence-electron chi connectivity index (χ1n) is 10.7. The first kappa shape index (κ1) is 19.5. The molecule has 0 N–H and O–H groups in total. The Balaban J connectivity index is 1.59. The van der Waals surface area contributed by atoms with Gasteiger partial charge in [-0.25, -0.2) is 0 Å². The number of carbonyl (C=O) groups excluding carboxylic acids is 1. The summed E-state index contributed by atoms with van der Waals surface area (Å²) in [6.07, 6.45) is 11.3. The Morgan fingerprint density at radius 2 is 1.73 bits per heavy atom. The summed E-state index contributed by atoms with van der Waals surface area (Å²) in [7, 11) is 0. The van der Waals surface area contributed by atoms with Gasteiger partial charge in [-0.3, -0.25) is 4.79 Å². The third kappa shape index (κ3) is 4.50. The summed E-state index contributed by atoms with van der Waals surface area (Å²) in [5, 5.41) is 0. The van der Waals surface area contributed by atoms with Crippen LogP contribution in [0.3, 0.4) is 0 Å². The van der Waals surface area contributed by atoms with Gasteiger partial charge in [-0.15, -0.1) is 0 Å². The first-order chi connectivity index (χ1) is 12.3. The first-order valence-corrected chi connectivity index (χ1v) is 10.7. The monoisotopic (exact) mass is 355 g/mol. The Morgan fingerprint density at radius 3 is 2.42 bits per heavy atom. The number of unbranched alkanes of at least 4 members (excludes halogenated alkanes) is 4. The van der Waals surface area contributed by atoms with E-state index in [0.717, 1.165) is 24.9 Å². The van der Waals surface area contributed by atoms with Gasteiger partial charge in [0, 0.05) is 18.2 Å². The van der Waals surface area contributed by atoms with Gasteiger partial charge in [0.2, 0.25) is 0 Å². The zero-order valence-electron chi connectivity index (χ0n) is 17.3. The molecule has 0 spiro atoms. The zero-order chi connectivity index (χ0) is 18.8. The number of carbonyl (C=O) groups is 1. The van der Waals surface area contributed by atoms with Crippen molar-refractivity contribution in [1.29, 1.82) is 0 Å². The maximum atomic E-state index is 13.1. The number of hydrogen-bond donors (Lipinski definition) is 0. The Labute approximate surface area is 160 Å². The van der Waals surface area contributed by atoms with Crippen LogP contribution >= 0.6 is 0 Å². The fraction of sp³-hybridized carbons (Fsp3) is 0.708. The number of amides is 1. The lowest BCUT2D eigenvalue weighted by molar-refractivity contribution is 0.0708. The molecule has 1 aliphatic carbocycles. The lowest BCUT2D eigenvalue weighted by Crippen LogP contribution is -2.37. The second kappa shape index (κ2) is 7.74. The lowest BCUT2D eigenvalue weighted by Gasteiger charge is -2.39. The van der Waals surface area contributed by atoms with Gasteiger partial charge in [0.1, 0.15) is 0 Å². The van der Waals surface area contributed by atoms with Crippen LogP contribution in [-0.2, 0) is 6.42 Å². The summed E-state index contributed by atoms with van der Waals surface area (Å²) >= 11 is 0. The highest BCUT2D eigenvalue weighted by Crippen LogP contribution is 2.52. The van der Waals surface area contributed by atoms with Gasteiger partial charge in [0.25, 0.3) is 5.91 Å². The van der Waals surface area contributed by atoms with E-state index < -0.39 is 0 Å². The van der Waals surface area contributed by atoms with Crippen LogP contribution < -0.4 is 0 Å². The molecule has 2 atom stereocenters. The molecule has 1 aromatic carbocycles. The van der Waals surface area contributed by atoms with E-state index in [2.05, 4.69) is 56.9 Å². The normalized spacial score (nSPS) is 26.9. The molecule has 1 heterocycles.